The van der Waals surface area contributed by atoms with Crippen LogP contribution in [0.3, 0.4) is 0 Å². The van der Waals surface area contributed by atoms with E-state index >= 15 is 0 Å². The van der Waals surface area contributed by atoms with E-state index in [0.717, 1.165) is 0 Å². The highest BCUT2D eigenvalue weighted by Crippen LogP contribution is 2.55. The van der Waals surface area contributed by atoms with E-state index in [1.54, 1.807) is 43.5 Å². The first-order chi connectivity index (χ1) is 14.1. The Balaban J connectivity index is 1.76. The Bertz CT molecular complexity index is 1450. The number of hydrogen-bond acceptors (Lipinski definition) is 7. The minimum atomic E-state index is -0.606. The zero-order chi connectivity index (χ0) is 19.7. The van der Waals surface area contributed by atoms with Crippen LogP contribution >= 0.6 is 0 Å². The Hall–Kier alpha value is -4.07. The van der Waals surface area contributed by atoms with E-state index in [1.165, 1.54) is 0 Å². The van der Waals surface area contributed by atoms with Crippen LogP contribution < -0.4 is 25.5 Å². The van der Waals surface area contributed by atoms with Crippen molar-refractivity contribution in [3.8, 4) is 29.0 Å². The van der Waals surface area contributed by atoms with Crippen molar-refractivity contribution in [2.45, 2.75) is 5.92 Å². The molecule has 0 fully saturated rings. The van der Waals surface area contributed by atoms with Crippen LogP contribution in [0.25, 0.3) is 11.0 Å². The van der Waals surface area contributed by atoms with Crippen molar-refractivity contribution in [2.75, 3.05) is 7.11 Å². The number of methoxy groups -OCH3 is 1. The predicted molar refractivity (Wildman–Crippen MR) is 101 cm³/mol. The van der Waals surface area contributed by atoms with E-state index in [2.05, 4.69) is 9.97 Å². The van der Waals surface area contributed by atoms with Gasteiger partial charge in [-0.2, -0.15) is 4.98 Å². The van der Waals surface area contributed by atoms with Crippen LogP contribution in [0.5, 0.6) is 29.0 Å². The first-order valence-corrected chi connectivity index (χ1v) is 8.87. The smallest absolute Gasteiger partial charge is 0.351 e. The number of H-pyrrole nitrogens is 1. The van der Waals surface area contributed by atoms with Gasteiger partial charge in [-0.15, -0.1) is 0 Å². The van der Waals surface area contributed by atoms with Crippen molar-refractivity contribution >= 4 is 11.0 Å². The van der Waals surface area contributed by atoms with Crippen LogP contribution in [0.2, 0.25) is 0 Å². The molecule has 0 aliphatic carbocycles. The molecule has 0 amide bonds. The van der Waals surface area contributed by atoms with E-state index in [9.17, 15) is 9.59 Å². The van der Waals surface area contributed by atoms with Crippen molar-refractivity contribution in [3.05, 3.63) is 80.1 Å². The lowest BCUT2D eigenvalue weighted by Gasteiger charge is -2.32. The second-order valence-corrected chi connectivity index (χ2v) is 6.76. The SMILES string of the molecule is COc1ccc2c(c1)C1c3c(nc(=O)[nH]c3O2)Oc2c1c(=O)oc1ccccc21. The van der Waals surface area contributed by atoms with Crippen LogP contribution in [0.15, 0.2) is 56.5 Å². The normalized spacial score (nSPS) is 15.6. The molecule has 0 bridgehead atoms. The number of nitrogens with zero attached hydrogens (tertiary/aromatic N) is 1. The molecule has 8 nitrogen and oxygen atoms in total. The minimum absolute atomic E-state index is 0.102. The fraction of sp³-hybridized carbons (Fsp3) is 0.0952. The highest BCUT2D eigenvalue weighted by Gasteiger charge is 2.42. The van der Waals surface area contributed by atoms with Crippen LogP contribution in [-0.2, 0) is 0 Å². The van der Waals surface area contributed by atoms with Crippen LogP contribution in [-0.4, -0.2) is 17.1 Å². The summed E-state index contributed by atoms with van der Waals surface area (Å²) < 4.78 is 22.8. The molecule has 6 rings (SSSR count). The summed E-state index contributed by atoms with van der Waals surface area (Å²) in [6.45, 7) is 0. The number of benzene rings is 2. The van der Waals surface area contributed by atoms with Crippen molar-refractivity contribution < 1.29 is 18.6 Å². The summed E-state index contributed by atoms with van der Waals surface area (Å²) in [6, 6.07) is 12.3. The zero-order valence-electron chi connectivity index (χ0n) is 15.0. The summed E-state index contributed by atoms with van der Waals surface area (Å²) in [6.07, 6.45) is 0. The summed E-state index contributed by atoms with van der Waals surface area (Å²) in [5, 5.41) is 0.618. The summed E-state index contributed by atoms with van der Waals surface area (Å²) >= 11 is 0. The van der Waals surface area contributed by atoms with Gasteiger partial charge in [-0.1, -0.05) is 12.1 Å². The van der Waals surface area contributed by atoms with E-state index in [0.29, 0.717) is 44.9 Å². The molecule has 1 atom stereocenters. The Morgan fingerprint density at radius 1 is 1.07 bits per heavy atom. The average molecular weight is 388 g/mol. The Morgan fingerprint density at radius 2 is 1.93 bits per heavy atom. The van der Waals surface area contributed by atoms with Gasteiger partial charge in [0, 0.05) is 5.56 Å². The molecule has 142 valence electrons. The number of rotatable bonds is 1. The number of hydrogen-bond donors (Lipinski definition) is 1. The number of aromatic nitrogens is 2. The van der Waals surface area contributed by atoms with Gasteiger partial charge in [0.05, 0.1) is 29.5 Å². The minimum Gasteiger partial charge on any atom is -0.497 e. The summed E-state index contributed by atoms with van der Waals surface area (Å²) in [5.74, 6) is 1.14. The van der Waals surface area contributed by atoms with Gasteiger partial charge < -0.3 is 18.6 Å². The topological polar surface area (TPSA) is 104 Å². The second kappa shape index (κ2) is 5.48. The largest absolute Gasteiger partial charge is 0.497 e. The summed E-state index contributed by atoms with van der Waals surface area (Å²) in [5.41, 5.74) is 0.749. The molecule has 2 aromatic heterocycles. The predicted octanol–water partition coefficient (Wildman–Crippen LogP) is 3.28. The third-order valence-electron chi connectivity index (χ3n) is 5.21. The highest BCUT2D eigenvalue weighted by molar-refractivity contribution is 5.86. The number of para-hydroxylation sites is 1. The Morgan fingerprint density at radius 3 is 2.79 bits per heavy atom. The summed E-state index contributed by atoms with van der Waals surface area (Å²) in [4.78, 5) is 31.7. The van der Waals surface area contributed by atoms with Gasteiger partial charge in [0.25, 0.3) is 0 Å². The number of fused-ring (bicyclic) bond motifs is 6. The molecule has 29 heavy (non-hydrogen) atoms. The van der Waals surface area contributed by atoms with Gasteiger partial charge in [0.2, 0.25) is 11.8 Å². The van der Waals surface area contributed by atoms with Crippen LogP contribution in [0, 0.1) is 0 Å². The third kappa shape index (κ3) is 2.11. The molecule has 1 N–H and O–H groups in total. The van der Waals surface area contributed by atoms with Crippen LogP contribution in [0.1, 0.15) is 22.6 Å². The van der Waals surface area contributed by atoms with E-state index in [1.807, 2.05) is 6.07 Å². The lowest BCUT2D eigenvalue weighted by Crippen LogP contribution is -2.27. The molecule has 0 spiro atoms. The second-order valence-electron chi connectivity index (χ2n) is 6.76. The van der Waals surface area contributed by atoms with Crippen molar-refractivity contribution in [1.29, 1.82) is 0 Å². The molecule has 0 saturated heterocycles. The molecule has 0 radical (unpaired) electrons. The first kappa shape index (κ1) is 15.9. The molecule has 2 aliphatic heterocycles. The van der Waals surface area contributed by atoms with Crippen molar-refractivity contribution in [2.24, 2.45) is 0 Å². The van der Waals surface area contributed by atoms with Gasteiger partial charge >= 0.3 is 11.3 Å². The molecular weight excluding hydrogens is 376 g/mol. The molecule has 2 aliphatic rings. The van der Waals surface area contributed by atoms with Crippen LogP contribution in [0.4, 0.5) is 0 Å². The Labute approximate surface area is 162 Å². The standard InChI is InChI=1S/C21H12N2O6/c1-26-9-6-7-13-11(8-9)14-15-17(10-4-2-3-5-12(10)28-20(15)24)29-19-16(14)18(27-13)22-21(25)23-19/h2-8,14H,1H3,(H,22,23,25). The van der Waals surface area contributed by atoms with E-state index < -0.39 is 17.2 Å². The molecule has 4 heterocycles. The number of ether oxygens (including phenoxy) is 3. The maximum Gasteiger partial charge on any atom is 0.351 e. The fourth-order valence-corrected chi connectivity index (χ4v) is 3.98. The van der Waals surface area contributed by atoms with Crippen molar-refractivity contribution in [3.63, 3.8) is 0 Å². The van der Waals surface area contributed by atoms with Crippen molar-refractivity contribution in [1.82, 2.24) is 9.97 Å². The summed E-state index contributed by atoms with van der Waals surface area (Å²) in [7, 11) is 1.56. The van der Waals surface area contributed by atoms with Gasteiger partial charge in [0.1, 0.15) is 17.1 Å². The average Bonchev–Trinajstić information content (AvgIpc) is 2.73. The molecular formula is C21H12N2O6. The van der Waals surface area contributed by atoms with Gasteiger partial charge in [-0.05, 0) is 30.3 Å². The molecule has 1 unspecified atom stereocenters. The monoisotopic (exact) mass is 388 g/mol. The molecule has 4 aromatic rings. The Kier molecular flexibility index (Phi) is 3.01. The maximum atomic E-state index is 13.0. The fourth-order valence-electron chi connectivity index (χ4n) is 3.98. The zero-order valence-corrected chi connectivity index (χ0v) is 15.0. The molecule has 0 saturated carbocycles. The van der Waals surface area contributed by atoms with E-state index in [4.69, 9.17) is 18.6 Å². The third-order valence-corrected chi connectivity index (χ3v) is 5.21. The van der Waals surface area contributed by atoms with Gasteiger partial charge in [-0.25, -0.2) is 9.59 Å². The molecule has 8 heteroatoms. The number of nitrogens with one attached hydrogen (secondary N) is 1. The molecule has 2 aromatic carbocycles. The lowest BCUT2D eigenvalue weighted by atomic mass is 9.82. The first-order valence-electron chi connectivity index (χ1n) is 8.87. The quantitative estimate of drug-likeness (QED) is 0.431. The lowest BCUT2D eigenvalue weighted by molar-refractivity contribution is 0.373. The maximum absolute atomic E-state index is 13.0. The van der Waals surface area contributed by atoms with E-state index in [-0.39, 0.29) is 11.8 Å². The number of aromatic amines is 1. The van der Waals surface area contributed by atoms with Gasteiger partial charge in [0.15, 0.2) is 5.75 Å². The van der Waals surface area contributed by atoms with Gasteiger partial charge in [-0.3, -0.25) is 4.98 Å². The highest BCUT2D eigenvalue weighted by atomic mass is 16.5.